The van der Waals surface area contributed by atoms with Crippen LogP contribution in [0.15, 0.2) is 88.2 Å². The maximum absolute atomic E-state index is 13.4. The number of alkyl halides is 3. The van der Waals surface area contributed by atoms with Gasteiger partial charge in [0.2, 0.25) is 0 Å². The molecule has 0 bridgehead atoms. The van der Waals surface area contributed by atoms with Crippen LogP contribution in [0.2, 0.25) is 0 Å². The van der Waals surface area contributed by atoms with E-state index in [1.54, 1.807) is 66.7 Å². The molecule has 0 N–H and O–H groups in total. The summed E-state index contributed by atoms with van der Waals surface area (Å²) in [5.41, 5.74) is 1.38. The van der Waals surface area contributed by atoms with Crippen LogP contribution >= 0.6 is 15.9 Å². The first-order chi connectivity index (χ1) is 15.1. The Labute approximate surface area is 191 Å². The Hall–Kier alpha value is -2.91. The highest BCUT2D eigenvalue weighted by molar-refractivity contribution is 9.10. The van der Waals surface area contributed by atoms with Gasteiger partial charge < -0.3 is 0 Å². The lowest BCUT2D eigenvalue weighted by Crippen LogP contribution is -2.07. The van der Waals surface area contributed by atoms with Crippen molar-refractivity contribution in [3.05, 3.63) is 89.0 Å². The molecular weight excluding hydrogens is 505 g/mol. The summed E-state index contributed by atoms with van der Waals surface area (Å²) in [5, 5.41) is 3.80. The van der Waals surface area contributed by atoms with Gasteiger partial charge in [-0.15, -0.1) is 0 Å². The summed E-state index contributed by atoms with van der Waals surface area (Å²) in [6, 6.07) is 21.1. The van der Waals surface area contributed by atoms with E-state index >= 15 is 0 Å². The van der Waals surface area contributed by atoms with Crippen LogP contribution in [0.3, 0.4) is 0 Å². The van der Waals surface area contributed by atoms with Crippen LogP contribution in [0, 0.1) is 0 Å². The first kappa shape index (κ1) is 22.3. The van der Waals surface area contributed by atoms with Crippen molar-refractivity contribution in [2.24, 2.45) is 0 Å². The maximum atomic E-state index is 13.4. The van der Waals surface area contributed by atoms with Crippen molar-refractivity contribution in [2.75, 3.05) is 6.26 Å². The summed E-state index contributed by atoms with van der Waals surface area (Å²) >= 11 is 3.37. The van der Waals surface area contributed by atoms with Gasteiger partial charge in [0, 0.05) is 21.9 Å². The average molecular weight is 521 g/mol. The molecule has 1 heterocycles. The predicted octanol–water partition coefficient (Wildman–Crippen LogP) is 6.39. The Morgan fingerprint density at radius 3 is 2.09 bits per heavy atom. The van der Waals surface area contributed by atoms with Crippen molar-refractivity contribution >= 4 is 25.8 Å². The van der Waals surface area contributed by atoms with Crippen LogP contribution < -0.4 is 0 Å². The molecule has 0 unspecified atom stereocenters. The highest BCUT2D eigenvalue weighted by atomic mass is 79.9. The minimum absolute atomic E-state index is 0.186. The summed E-state index contributed by atoms with van der Waals surface area (Å²) in [4.78, 5) is 0.186. The minimum Gasteiger partial charge on any atom is -0.231 e. The van der Waals surface area contributed by atoms with Gasteiger partial charge in [0.1, 0.15) is 0 Å². The molecule has 0 fully saturated rings. The van der Waals surface area contributed by atoms with Gasteiger partial charge in [0.15, 0.2) is 15.5 Å². The SMILES string of the molecule is CS(=O)(=O)c1ccccc1-c1ccc(-c2cc(C(F)(F)F)nn2-c2ccccc2Br)cc1. The van der Waals surface area contributed by atoms with Crippen molar-refractivity contribution in [3.63, 3.8) is 0 Å². The number of halogens is 4. The second kappa shape index (κ2) is 8.22. The summed E-state index contributed by atoms with van der Waals surface area (Å²) in [6.45, 7) is 0. The second-order valence-electron chi connectivity index (χ2n) is 7.12. The zero-order chi connectivity index (χ0) is 23.1. The van der Waals surface area contributed by atoms with Gasteiger partial charge >= 0.3 is 6.18 Å². The Kier molecular flexibility index (Phi) is 5.72. The normalized spacial score (nSPS) is 12.2. The number of nitrogens with zero attached hydrogens (tertiary/aromatic N) is 2. The zero-order valence-corrected chi connectivity index (χ0v) is 19.0. The van der Waals surface area contributed by atoms with Gasteiger partial charge in [-0.3, -0.25) is 0 Å². The van der Waals surface area contributed by atoms with Crippen LogP contribution in [0.4, 0.5) is 13.2 Å². The van der Waals surface area contributed by atoms with E-state index in [1.165, 1.54) is 10.7 Å². The van der Waals surface area contributed by atoms with Gasteiger partial charge in [-0.1, -0.05) is 54.6 Å². The third kappa shape index (κ3) is 4.35. The lowest BCUT2D eigenvalue weighted by Gasteiger charge is -2.11. The number of hydrogen-bond donors (Lipinski definition) is 0. The molecule has 0 amide bonds. The van der Waals surface area contributed by atoms with E-state index in [-0.39, 0.29) is 10.6 Å². The first-order valence-electron chi connectivity index (χ1n) is 9.38. The molecule has 3 aromatic carbocycles. The van der Waals surface area contributed by atoms with E-state index in [2.05, 4.69) is 21.0 Å². The fraction of sp³-hybridized carbons (Fsp3) is 0.0870. The molecule has 4 aromatic rings. The highest BCUT2D eigenvalue weighted by Gasteiger charge is 2.35. The predicted molar refractivity (Wildman–Crippen MR) is 120 cm³/mol. The smallest absolute Gasteiger partial charge is 0.231 e. The number of aromatic nitrogens is 2. The monoisotopic (exact) mass is 520 g/mol. The van der Waals surface area contributed by atoms with E-state index in [0.717, 1.165) is 12.3 Å². The molecule has 164 valence electrons. The summed E-state index contributed by atoms with van der Waals surface area (Å²) < 4.78 is 66.3. The van der Waals surface area contributed by atoms with Crippen LogP contribution in [0.25, 0.3) is 28.1 Å². The first-order valence-corrected chi connectivity index (χ1v) is 12.1. The second-order valence-corrected chi connectivity index (χ2v) is 9.96. The molecule has 9 heteroatoms. The van der Waals surface area contributed by atoms with Crippen molar-refractivity contribution < 1.29 is 21.6 Å². The van der Waals surface area contributed by atoms with Gasteiger partial charge in [-0.05, 0) is 45.8 Å². The minimum atomic E-state index is -4.60. The van der Waals surface area contributed by atoms with Crippen LogP contribution in [-0.2, 0) is 16.0 Å². The lowest BCUT2D eigenvalue weighted by molar-refractivity contribution is -0.141. The number of sulfone groups is 1. The molecule has 0 radical (unpaired) electrons. The molecule has 1 aromatic heterocycles. The fourth-order valence-corrected chi connectivity index (χ4v) is 4.75. The van der Waals surface area contributed by atoms with E-state index in [9.17, 15) is 21.6 Å². The largest absolute Gasteiger partial charge is 0.435 e. The van der Waals surface area contributed by atoms with Crippen molar-refractivity contribution in [1.82, 2.24) is 9.78 Å². The molecule has 0 saturated carbocycles. The number of rotatable bonds is 4. The molecule has 4 nitrogen and oxygen atoms in total. The van der Waals surface area contributed by atoms with E-state index in [0.29, 0.717) is 26.9 Å². The van der Waals surface area contributed by atoms with Crippen molar-refractivity contribution in [1.29, 1.82) is 0 Å². The molecule has 4 rings (SSSR count). The van der Waals surface area contributed by atoms with E-state index in [4.69, 9.17) is 0 Å². The summed E-state index contributed by atoms with van der Waals surface area (Å²) in [5.74, 6) is 0. The van der Waals surface area contributed by atoms with Gasteiger partial charge in [0.25, 0.3) is 0 Å². The summed E-state index contributed by atoms with van der Waals surface area (Å²) in [7, 11) is -3.45. The standard InChI is InChI=1S/C23H16BrF3N2O2S/c1-32(30,31)21-9-5-2-6-17(21)15-10-12-16(13-11-15)20-14-22(23(25,26)27)28-29(20)19-8-4-3-7-18(19)24/h2-14H,1H3. The third-order valence-electron chi connectivity index (χ3n) is 4.86. The fourth-order valence-electron chi connectivity index (χ4n) is 3.38. The average Bonchev–Trinajstić information content (AvgIpc) is 3.19. The maximum Gasteiger partial charge on any atom is 0.435 e. The topological polar surface area (TPSA) is 52.0 Å². The van der Waals surface area contributed by atoms with Crippen LogP contribution in [0.1, 0.15) is 5.69 Å². The Balaban J connectivity index is 1.84. The third-order valence-corrected chi connectivity index (χ3v) is 6.68. The number of benzene rings is 3. The Morgan fingerprint density at radius 2 is 1.47 bits per heavy atom. The number of hydrogen-bond acceptors (Lipinski definition) is 3. The van der Waals surface area contributed by atoms with E-state index < -0.39 is 21.7 Å². The molecule has 0 aliphatic carbocycles. The molecule has 0 saturated heterocycles. The zero-order valence-electron chi connectivity index (χ0n) is 16.6. The van der Waals surface area contributed by atoms with Crippen LogP contribution in [-0.4, -0.2) is 24.5 Å². The van der Waals surface area contributed by atoms with Crippen LogP contribution in [0.5, 0.6) is 0 Å². The molecule has 32 heavy (non-hydrogen) atoms. The van der Waals surface area contributed by atoms with E-state index in [1.807, 2.05) is 0 Å². The molecular formula is C23H16BrF3N2O2S. The quantitative estimate of drug-likeness (QED) is 0.313. The molecule has 0 aliphatic rings. The Bertz CT molecular complexity index is 1400. The molecule has 0 spiro atoms. The summed E-state index contributed by atoms with van der Waals surface area (Å²) in [6.07, 6.45) is -3.47. The molecule has 0 atom stereocenters. The molecule has 0 aliphatic heterocycles. The highest BCUT2D eigenvalue weighted by Crippen LogP contribution is 2.36. The Morgan fingerprint density at radius 1 is 0.875 bits per heavy atom. The lowest BCUT2D eigenvalue weighted by atomic mass is 10.0. The van der Waals surface area contributed by atoms with Gasteiger partial charge in [-0.2, -0.15) is 18.3 Å². The van der Waals surface area contributed by atoms with Gasteiger partial charge in [-0.25, -0.2) is 13.1 Å². The number of para-hydroxylation sites is 1. The van der Waals surface area contributed by atoms with Crippen molar-refractivity contribution in [2.45, 2.75) is 11.1 Å². The van der Waals surface area contributed by atoms with Crippen molar-refractivity contribution in [3.8, 4) is 28.1 Å². The van der Waals surface area contributed by atoms with Gasteiger partial charge in [0.05, 0.1) is 16.3 Å².